The Balaban J connectivity index is 1.74. The van der Waals surface area contributed by atoms with Gasteiger partial charge in [-0.2, -0.15) is 8.78 Å². The molecular formula is C15H24F2N2O2S. The standard InChI is InChI=1S/C15H24F2N2O2S/c1-11(12(2)19-5-7-20-8-6-19)18-9-13-3-4-14(21-13)10-22-15(16)17/h3-4,11-12,15,18H,5-10H2,1-2H3. The number of rotatable bonds is 8. The van der Waals surface area contributed by atoms with Gasteiger partial charge in [-0.25, -0.2) is 0 Å². The second kappa shape index (κ2) is 8.86. The third-order valence-electron chi connectivity index (χ3n) is 4.01. The highest BCUT2D eigenvalue weighted by Gasteiger charge is 2.21. The molecule has 0 aliphatic carbocycles. The molecule has 1 aliphatic heterocycles. The number of thioether (sulfide) groups is 1. The summed E-state index contributed by atoms with van der Waals surface area (Å²) in [4.78, 5) is 2.41. The van der Waals surface area contributed by atoms with E-state index in [4.69, 9.17) is 9.15 Å². The molecule has 0 spiro atoms. The molecule has 2 atom stereocenters. The molecule has 22 heavy (non-hydrogen) atoms. The number of furan rings is 1. The summed E-state index contributed by atoms with van der Waals surface area (Å²) in [6.45, 7) is 8.47. The Labute approximate surface area is 134 Å². The fraction of sp³-hybridized carbons (Fsp3) is 0.733. The van der Waals surface area contributed by atoms with Gasteiger partial charge in [0.25, 0.3) is 5.76 Å². The van der Waals surface area contributed by atoms with E-state index in [0.717, 1.165) is 32.1 Å². The van der Waals surface area contributed by atoms with Crippen molar-refractivity contribution in [1.82, 2.24) is 10.2 Å². The van der Waals surface area contributed by atoms with E-state index in [0.29, 0.717) is 36.2 Å². The summed E-state index contributed by atoms with van der Waals surface area (Å²) >= 11 is 0.580. The summed E-state index contributed by atoms with van der Waals surface area (Å²) in [7, 11) is 0. The van der Waals surface area contributed by atoms with Crippen molar-refractivity contribution in [2.24, 2.45) is 0 Å². The van der Waals surface area contributed by atoms with Crippen molar-refractivity contribution in [3.8, 4) is 0 Å². The Morgan fingerprint density at radius 2 is 1.91 bits per heavy atom. The maximum atomic E-state index is 12.1. The molecule has 1 aromatic heterocycles. The SMILES string of the molecule is CC(NCc1ccc(CSC(F)F)o1)C(C)N1CCOCC1. The van der Waals surface area contributed by atoms with Gasteiger partial charge in [-0.05, 0) is 26.0 Å². The molecule has 0 radical (unpaired) electrons. The molecule has 2 unspecified atom stereocenters. The van der Waals surface area contributed by atoms with Crippen LogP contribution in [0.15, 0.2) is 16.5 Å². The van der Waals surface area contributed by atoms with Crippen LogP contribution in [0.3, 0.4) is 0 Å². The Hall–Kier alpha value is -0.630. The smallest absolute Gasteiger partial charge is 0.284 e. The van der Waals surface area contributed by atoms with Crippen LogP contribution in [0.1, 0.15) is 25.4 Å². The van der Waals surface area contributed by atoms with Gasteiger partial charge in [0.15, 0.2) is 0 Å². The van der Waals surface area contributed by atoms with Crippen LogP contribution in [0, 0.1) is 0 Å². The Morgan fingerprint density at radius 3 is 2.59 bits per heavy atom. The van der Waals surface area contributed by atoms with Crippen molar-refractivity contribution in [3.63, 3.8) is 0 Å². The minimum Gasteiger partial charge on any atom is -0.464 e. The second-order valence-corrected chi connectivity index (χ2v) is 6.48. The first kappa shape index (κ1) is 17.7. The average Bonchev–Trinajstić information content (AvgIpc) is 2.98. The van der Waals surface area contributed by atoms with Gasteiger partial charge in [-0.3, -0.25) is 4.90 Å². The molecular weight excluding hydrogens is 310 g/mol. The van der Waals surface area contributed by atoms with E-state index >= 15 is 0 Å². The maximum absolute atomic E-state index is 12.1. The van der Waals surface area contributed by atoms with E-state index in [-0.39, 0.29) is 5.75 Å². The number of morpholine rings is 1. The first-order valence-corrected chi connectivity index (χ1v) is 8.63. The molecule has 1 saturated heterocycles. The minimum absolute atomic E-state index is 0.206. The van der Waals surface area contributed by atoms with Gasteiger partial charge in [0, 0.05) is 25.2 Å². The zero-order valence-corrected chi connectivity index (χ0v) is 13.9. The van der Waals surface area contributed by atoms with Gasteiger partial charge in [-0.15, -0.1) is 0 Å². The van der Waals surface area contributed by atoms with Crippen LogP contribution in [-0.2, 0) is 17.0 Å². The number of hydrogen-bond acceptors (Lipinski definition) is 5. The molecule has 2 rings (SSSR count). The summed E-state index contributed by atoms with van der Waals surface area (Å²) in [6.07, 6.45) is 0. The molecule has 0 amide bonds. The quantitative estimate of drug-likeness (QED) is 0.791. The van der Waals surface area contributed by atoms with Crippen LogP contribution < -0.4 is 5.32 Å². The number of alkyl halides is 2. The van der Waals surface area contributed by atoms with E-state index in [1.165, 1.54) is 0 Å². The summed E-state index contributed by atoms with van der Waals surface area (Å²) in [6, 6.07) is 4.33. The molecule has 0 bridgehead atoms. The molecule has 7 heteroatoms. The largest absolute Gasteiger partial charge is 0.464 e. The van der Waals surface area contributed by atoms with Crippen molar-refractivity contribution >= 4 is 11.8 Å². The molecule has 2 heterocycles. The minimum atomic E-state index is -2.36. The van der Waals surface area contributed by atoms with Crippen LogP contribution in [0.5, 0.6) is 0 Å². The fourth-order valence-electron chi connectivity index (χ4n) is 2.47. The molecule has 126 valence electrons. The van der Waals surface area contributed by atoms with E-state index in [1.807, 2.05) is 6.07 Å². The molecule has 1 N–H and O–H groups in total. The molecule has 1 fully saturated rings. The van der Waals surface area contributed by atoms with Crippen molar-refractivity contribution in [2.75, 3.05) is 26.3 Å². The first-order chi connectivity index (χ1) is 10.6. The lowest BCUT2D eigenvalue weighted by molar-refractivity contribution is 0.0134. The van der Waals surface area contributed by atoms with Crippen LogP contribution in [0.25, 0.3) is 0 Å². The van der Waals surface area contributed by atoms with Crippen LogP contribution >= 0.6 is 11.8 Å². The van der Waals surface area contributed by atoms with Crippen molar-refractivity contribution in [2.45, 2.75) is 44.0 Å². The summed E-state index contributed by atoms with van der Waals surface area (Å²) < 4.78 is 35.2. The van der Waals surface area contributed by atoms with Gasteiger partial charge >= 0.3 is 0 Å². The highest BCUT2D eigenvalue weighted by Crippen LogP contribution is 2.21. The zero-order chi connectivity index (χ0) is 15.9. The first-order valence-electron chi connectivity index (χ1n) is 7.59. The number of nitrogens with one attached hydrogen (secondary N) is 1. The molecule has 1 aromatic rings. The van der Waals surface area contributed by atoms with E-state index < -0.39 is 5.76 Å². The third kappa shape index (κ3) is 5.53. The van der Waals surface area contributed by atoms with E-state index in [9.17, 15) is 8.78 Å². The van der Waals surface area contributed by atoms with Crippen molar-refractivity contribution in [1.29, 1.82) is 0 Å². The van der Waals surface area contributed by atoms with Gasteiger partial charge in [-0.1, -0.05) is 11.8 Å². The van der Waals surface area contributed by atoms with E-state index in [1.54, 1.807) is 6.07 Å². The lowest BCUT2D eigenvalue weighted by atomic mass is 10.1. The summed E-state index contributed by atoms with van der Waals surface area (Å²) in [5.41, 5.74) is 0. The van der Waals surface area contributed by atoms with Crippen molar-refractivity contribution < 1.29 is 17.9 Å². The van der Waals surface area contributed by atoms with Crippen molar-refractivity contribution in [3.05, 3.63) is 23.7 Å². The fourth-order valence-corrected chi connectivity index (χ4v) is 2.92. The Morgan fingerprint density at radius 1 is 1.23 bits per heavy atom. The zero-order valence-electron chi connectivity index (χ0n) is 13.1. The summed E-state index contributed by atoms with van der Waals surface area (Å²) in [5, 5.41) is 3.44. The van der Waals surface area contributed by atoms with Gasteiger partial charge < -0.3 is 14.5 Å². The molecule has 0 saturated carbocycles. The second-order valence-electron chi connectivity index (χ2n) is 5.50. The normalized spacial score (nSPS) is 19.5. The number of hydrogen-bond donors (Lipinski definition) is 1. The predicted molar refractivity (Wildman–Crippen MR) is 84.2 cm³/mol. The topological polar surface area (TPSA) is 37.6 Å². The highest BCUT2D eigenvalue weighted by molar-refractivity contribution is 7.98. The van der Waals surface area contributed by atoms with Gasteiger partial charge in [0.05, 0.1) is 25.5 Å². The molecule has 4 nitrogen and oxygen atoms in total. The lowest BCUT2D eigenvalue weighted by Crippen LogP contribution is -2.50. The van der Waals surface area contributed by atoms with Crippen LogP contribution in [-0.4, -0.2) is 49.0 Å². The molecule has 1 aliphatic rings. The third-order valence-corrected chi connectivity index (χ3v) is 4.72. The Bertz CT molecular complexity index is 439. The number of halogens is 2. The highest BCUT2D eigenvalue weighted by atomic mass is 32.2. The summed E-state index contributed by atoms with van der Waals surface area (Å²) in [5.74, 6) is -0.778. The Kier molecular flexibility index (Phi) is 7.14. The predicted octanol–water partition coefficient (Wildman–Crippen LogP) is 2.93. The monoisotopic (exact) mass is 334 g/mol. The van der Waals surface area contributed by atoms with Gasteiger partial charge in [0.2, 0.25) is 0 Å². The van der Waals surface area contributed by atoms with Crippen LogP contribution in [0.2, 0.25) is 0 Å². The van der Waals surface area contributed by atoms with E-state index in [2.05, 4.69) is 24.1 Å². The molecule has 0 aromatic carbocycles. The number of nitrogens with zero attached hydrogens (tertiary/aromatic N) is 1. The maximum Gasteiger partial charge on any atom is 0.284 e. The lowest BCUT2D eigenvalue weighted by Gasteiger charge is -2.35. The number of ether oxygens (including phenoxy) is 1. The van der Waals surface area contributed by atoms with Gasteiger partial charge in [0.1, 0.15) is 11.5 Å². The van der Waals surface area contributed by atoms with Crippen LogP contribution in [0.4, 0.5) is 8.78 Å². The average molecular weight is 334 g/mol.